The zero-order valence-electron chi connectivity index (χ0n) is 18.1. The topological polar surface area (TPSA) is 64.8 Å². The Morgan fingerprint density at radius 2 is 1.76 bits per heavy atom. The lowest BCUT2D eigenvalue weighted by molar-refractivity contribution is 0.0983. The van der Waals surface area contributed by atoms with Crippen molar-refractivity contribution in [1.29, 1.82) is 0 Å². The molecule has 0 saturated carbocycles. The molecule has 2 heterocycles. The Morgan fingerprint density at radius 3 is 2.47 bits per heavy atom. The molecule has 0 atom stereocenters. The SMILES string of the molecule is COc1ccc(Cl)c2sc(N(Cc3ccco3)C(=O)c3ccc(Oc4ccccc4)cc3)nc12. The highest BCUT2D eigenvalue weighted by Gasteiger charge is 2.24. The van der Waals surface area contributed by atoms with Crippen molar-refractivity contribution in [3.8, 4) is 17.2 Å². The average molecular weight is 491 g/mol. The van der Waals surface area contributed by atoms with Crippen LogP contribution in [0.4, 0.5) is 5.13 Å². The van der Waals surface area contributed by atoms with Crippen LogP contribution >= 0.6 is 22.9 Å². The van der Waals surface area contributed by atoms with Gasteiger partial charge in [0.15, 0.2) is 5.13 Å². The number of furan rings is 1. The van der Waals surface area contributed by atoms with Gasteiger partial charge in [-0.05, 0) is 60.7 Å². The van der Waals surface area contributed by atoms with Gasteiger partial charge in [-0.2, -0.15) is 0 Å². The predicted octanol–water partition coefficient (Wildman–Crippen LogP) is 7.19. The van der Waals surface area contributed by atoms with Gasteiger partial charge < -0.3 is 13.9 Å². The Kier molecular flexibility index (Phi) is 6.20. The molecule has 5 aromatic rings. The van der Waals surface area contributed by atoms with E-state index in [1.165, 1.54) is 11.3 Å². The summed E-state index contributed by atoms with van der Waals surface area (Å²) in [5, 5.41) is 1.04. The van der Waals surface area contributed by atoms with Crippen LogP contribution in [0.5, 0.6) is 17.2 Å². The second kappa shape index (κ2) is 9.59. The van der Waals surface area contributed by atoms with Gasteiger partial charge in [-0.1, -0.05) is 41.1 Å². The van der Waals surface area contributed by atoms with E-state index in [1.54, 1.807) is 60.7 Å². The standard InChI is InChI=1S/C26H19ClN2O4S/c1-31-22-14-13-21(27)24-23(22)28-26(34-24)29(16-20-8-5-15-32-20)25(30)17-9-11-19(12-10-17)33-18-6-3-2-4-7-18/h2-15H,16H2,1H3. The summed E-state index contributed by atoms with van der Waals surface area (Å²) < 4.78 is 17.5. The van der Waals surface area contributed by atoms with Crippen LogP contribution in [0.25, 0.3) is 10.2 Å². The third kappa shape index (κ3) is 4.48. The summed E-state index contributed by atoms with van der Waals surface area (Å²) in [6.07, 6.45) is 1.58. The maximum atomic E-state index is 13.6. The Hall–Kier alpha value is -3.81. The third-order valence-corrected chi connectivity index (χ3v) is 6.66. The monoisotopic (exact) mass is 490 g/mol. The molecule has 5 rings (SSSR count). The number of fused-ring (bicyclic) bond motifs is 1. The number of para-hydroxylation sites is 1. The highest BCUT2D eigenvalue weighted by atomic mass is 35.5. The summed E-state index contributed by atoms with van der Waals surface area (Å²) in [6, 6.07) is 23.6. The van der Waals surface area contributed by atoms with E-state index in [4.69, 9.17) is 30.5 Å². The molecule has 0 radical (unpaired) electrons. The van der Waals surface area contributed by atoms with E-state index < -0.39 is 0 Å². The molecule has 8 heteroatoms. The highest BCUT2D eigenvalue weighted by molar-refractivity contribution is 7.23. The minimum atomic E-state index is -0.225. The summed E-state index contributed by atoms with van der Waals surface area (Å²) in [5.74, 6) is 2.36. The van der Waals surface area contributed by atoms with Gasteiger partial charge in [0.25, 0.3) is 5.91 Å². The Balaban J connectivity index is 1.48. The van der Waals surface area contributed by atoms with Gasteiger partial charge in [-0.3, -0.25) is 9.69 Å². The van der Waals surface area contributed by atoms with Crippen molar-refractivity contribution >= 4 is 44.2 Å². The van der Waals surface area contributed by atoms with Crippen LogP contribution in [0.3, 0.4) is 0 Å². The molecule has 0 unspecified atom stereocenters. The molecule has 0 aliphatic carbocycles. The van der Waals surface area contributed by atoms with Gasteiger partial charge in [0.2, 0.25) is 0 Å². The first kappa shape index (κ1) is 22.0. The number of amides is 1. The summed E-state index contributed by atoms with van der Waals surface area (Å²) in [7, 11) is 1.58. The molecule has 0 saturated heterocycles. The first-order valence-electron chi connectivity index (χ1n) is 10.4. The fraction of sp³-hybridized carbons (Fsp3) is 0.0769. The van der Waals surface area contributed by atoms with Gasteiger partial charge in [-0.25, -0.2) is 4.98 Å². The molecule has 6 nitrogen and oxygen atoms in total. The van der Waals surface area contributed by atoms with Crippen molar-refractivity contribution in [3.63, 3.8) is 0 Å². The van der Waals surface area contributed by atoms with Crippen molar-refractivity contribution in [1.82, 2.24) is 4.98 Å². The average Bonchev–Trinajstić information content (AvgIpc) is 3.54. The third-order valence-electron chi connectivity index (χ3n) is 5.12. The number of thiazole rings is 1. The molecule has 170 valence electrons. The number of halogens is 1. The number of benzene rings is 3. The molecule has 34 heavy (non-hydrogen) atoms. The second-order valence-electron chi connectivity index (χ2n) is 7.33. The molecule has 0 aliphatic heterocycles. The zero-order valence-corrected chi connectivity index (χ0v) is 19.7. The Labute approximate surface area is 204 Å². The summed E-state index contributed by atoms with van der Waals surface area (Å²) >= 11 is 7.73. The van der Waals surface area contributed by atoms with Crippen LogP contribution in [-0.2, 0) is 6.54 Å². The minimum Gasteiger partial charge on any atom is -0.494 e. The number of nitrogens with zero attached hydrogens (tertiary/aromatic N) is 2. The molecule has 0 N–H and O–H groups in total. The van der Waals surface area contributed by atoms with Crippen LogP contribution in [0.15, 0.2) is 89.5 Å². The Bertz CT molecular complexity index is 1420. The number of aromatic nitrogens is 1. The maximum absolute atomic E-state index is 13.6. The Morgan fingerprint density at radius 1 is 1.00 bits per heavy atom. The fourth-order valence-corrected chi connectivity index (χ4v) is 4.71. The minimum absolute atomic E-state index is 0.216. The number of anilines is 1. The van der Waals surface area contributed by atoms with Crippen molar-refractivity contribution in [3.05, 3.63) is 101 Å². The van der Waals surface area contributed by atoms with Crippen LogP contribution in [0, 0.1) is 0 Å². The first-order chi connectivity index (χ1) is 16.6. The number of methoxy groups -OCH3 is 1. The second-order valence-corrected chi connectivity index (χ2v) is 8.72. The summed E-state index contributed by atoms with van der Waals surface area (Å²) in [5.41, 5.74) is 1.10. The van der Waals surface area contributed by atoms with E-state index in [1.807, 2.05) is 36.4 Å². The van der Waals surface area contributed by atoms with Crippen LogP contribution in [-0.4, -0.2) is 18.0 Å². The number of hydrogen-bond donors (Lipinski definition) is 0. The smallest absolute Gasteiger partial charge is 0.260 e. The van der Waals surface area contributed by atoms with Crippen molar-refractivity contribution in [2.45, 2.75) is 6.54 Å². The summed E-state index contributed by atoms with van der Waals surface area (Å²) in [6.45, 7) is 0.216. The van der Waals surface area contributed by atoms with Gasteiger partial charge in [0, 0.05) is 5.56 Å². The van der Waals surface area contributed by atoms with Crippen molar-refractivity contribution in [2.24, 2.45) is 0 Å². The van der Waals surface area contributed by atoms with E-state index in [-0.39, 0.29) is 12.5 Å². The van der Waals surface area contributed by atoms with Gasteiger partial charge >= 0.3 is 0 Å². The highest BCUT2D eigenvalue weighted by Crippen LogP contribution is 2.39. The number of rotatable bonds is 7. The van der Waals surface area contributed by atoms with Crippen molar-refractivity contribution in [2.75, 3.05) is 12.0 Å². The van der Waals surface area contributed by atoms with E-state index in [0.717, 1.165) is 10.4 Å². The number of carbonyl (C=O) groups excluding carboxylic acids is 1. The van der Waals surface area contributed by atoms with E-state index in [0.29, 0.717) is 38.5 Å². The van der Waals surface area contributed by atoms with Gasteiger partial charge in [-0.15, -0.1) is 0 Å². The quantitative estimate of drug-likeness (QED) is 0.241. The van der Waals surface area contributed by atoms with Gasteiger partial charge in [0.05, 0.1) is 29.6 Å². The molecular formula is C26H19ClN2O4S. The van der Waals surface area contributed by atoms with Crippen LogP contribution in [0.1, 0.15) is 16.1 Å². The lowest BCUT2D eigenvalue weighted by atomic mass is 10.2. The van der Waals surface area contributed by atoms with Crippen molar-refractivity contribution < 1.29 is 18.7 Å². The molecular weight excluding hydrogens is 472 g/mol. The number of ether oxygens (including phenoxy) is 2. The first-order valence-corrected chi connectivity index (χ1v) is 11.6. The maximum Gasteiger partial charge on any atom is 0.260 e. The zero-order chi connectivity index (χ0) is 23.5. The molecule has 3 aromatic carbocycles. The number of carbonyl (C=O) groups is 1. The van der Waals surface area contributed by atoms with E-state index in [2.05, 4.69) is 0 Å². The molecule has 0 aliphatic rings. The lowest BCUT2D eigenvalue weighted by Gasteiger charge is -2.19. The normalized spacial score (nSPS) is 10.9. The van der Waals surface area contributed by atoms with Gasteiger partial charge in [0.1, 0.15) is 28.5 Å². The lowest BCUT2D eigenvalue weighted by Crippen LogP contribution is -2.30. The molecule has 0 spiro atoms. The van der Waals surface area contributed by atoms with Crippen LogP contribution < -0.4 is 14.4 Å². The van der Waals surface area contributed by atoms with E-state index in [9.17, 15) is 4.79 Å². The van der Waals surface area contributed by atoms with Crippen LogP contribution in [0.2, 0.25) is 5.02 Å². The summed E-state index contributed by atoms with van der Waals surface area (Å²) in [4.78, 5) is 19.9. The number of hydrogen-bond acceptors (Lipinski definition) is 6. The fourth-order valence-electron chi connectivity index (χ4n) is 3.45. The largest absolute Gasteiger partial charge is 0.494 e. The molecule has 2 aromatic heterocycles. The van der Waals surface area contributed by atoms with E-state index >= 15 is 0 Å². The molecule has 1 amide bonds. The molecule has 0 bridgehead atoms. The molecule has 0 fully saturated rings. The predicted molar refractivity (Wildman–Crippen MR) is 133 cm³/mol.